The van der Waals surface area contributed by atoms with Crippen LogP contribution in [0.3, 0.4) is 0 Å². The van der Waals surface area contributed by atoms with Crippen LogP contribution in [0.5, 0.6) is 17.2 Å². The molecule has 0 radical (unpaired) electrons. The van der Waals surface area contributed by atoms with Crippen molar-refractivity contribution < 1.29 is 24.2 Å². The van der Waals surface area contributed by atoms with E-state index >= 15 is 0 Å². The summed E-state index contributed by atoms with van der Waals surface area (Å²) in [5.41, 5.74) is 1.46. The molecule has 0 atom stereocenters. The molecular weight excluding hydrogens is 214 g/mol. The van der Waals surface area contributed by atoms with Gasteiger partial charge in [-0.1, -0.05) is 6.07 Å². The second-order valence-electron chi connectivity index (χ2n) is 2.82. The van der Waals surface area contributed by atoms with E-state index in [1.54, 1.807) is 18.2 Å². The van der Waals surface area contributed by atoms with E-state index in [1.165, 1.54) is 19.7 Å². The van der Waals surface area contributed by atoms with Gasteiger partial charge in [0.05, 0.1) is 14.2 Å². The third kappa shape index (κ3) is 2.77. The minimum Gasteiger partial charge on any atom is -0.493 e. The summed E-state index contributed by atoms with van der Waals surface area (Å²) >= 11 is 0. The number of ether oxygens (including phenoxy) is 3. The van der Waals surface area contributed by atoms with E-state index in [1.807, 2.05) is 0 Å². The van der Waals surface area contributed by atoms with Gasteiger partial charge < -0.3 is 14.2 Å². The van der Waals surface area contributed by atoms with E-state index in [2.05, 4.69) is 0 Å². The summed E-state index contributed by atoms with van der Waals surface area (Å²) in [6.07, 6.45) is 0. The summed E-state index contributed by atoms with van der Waals surface area (Å²) < 4.78 is 15.3. The molecule has 0 aliphatic heterocycles. The largest absolute Gasteiger partial charge is 0.493 e. The molecule has 16 heavy (non-hydrogen) atoms. The van der Waals surface area contributed by atoms with Crippen molar-refractivity contribution in [3.63, 3.8) is 0 Å². The van der Waals surface area contributed by atoms with E-state index in [0.29, 0.717) is 17.2 Å². The first-order chi connectivity index (χ1) is 7.72. The molecule has 1 amide bonds. The molecule has 0 unspecified atom stereocenters. The van der Waals surface area contributed by atoms with E-state index in [4.69, 9.17) is 19.4 Å². The molecule has 88 valence electrons. The number of amides is 1. The average Bonchev–Trinajstić information content (AvgIpc) is 2.35. The second kappa shape index (κ2) is 5.82. The summed E-state index contributed by atoms with van der Waals surface area (Å²) in [7, 11) is 2.96. The predicted octanol–water partition coefficient (Wildman–Crippen LogP) is 0.588. The highest BCUT2D eigenvalue weighted by molar-refractivity contribution is 5.76. The molecular formula is C10H13NO5. The Labute approximate surface area is 92.7 Å². The van der Waals surface area contributed by atoms with Crippen LogP contribution in [0.15, 0.2) is 18.2 Å². The molecule has 0 bridgehead atoms. The van der Waals surface area contributed by atoms with Crippen LogP contribution >= 0.6 is 0 Å². The van der Waals surface area contributed by atoms with Crippen molar-refractivity contribution in [3.05, 3.63) is 18.2 Å². The Morgan fingerprint density at radius 2 is 1.88 bits per heavy atom. The van der Waals surface area contributed by atoms with Crippen molar-refractivity contribution in [1.29, 1.82) is 0 Å². The summed E-state index contributed by atoms with van der Waals surface area (Å²) in [4.78, 5) is 10.8. The fraction of sp³-hybridized carbons (Fsp3) is 0.300. The van der Waals surface area contributed by atoms with Crippen LogP contribution in [0.4, 0.5) is 0 Å². The quantitative estimate of drug-likeness (QED) is 0.568. The number of rotatable bonds is 5. The number of benzene rings is 1. The van der Waals surface area contributed by atoms with E-state index in [9.17, 15) is 4.79 Å². The molecule has 6 heteroatoms. The first-order valence-electron chi connectivity index (χ1n) is 4.49. The van der Waals surface area contributed by atoms with Crippen molar-refractivity contribution >= 4 is 5.91 Å². The first kappa shape index (κ1) is 12.1. The highest BCUT2D eigenvalue weighted by Gasteiger charge is 2.12. The van der Waals surface area contributed by atoms with Crippen LogP contribution in [0.25, 0.3) is 0 Å². The number of methoxy groups -OCH3 is 2. The number of carbonyl (C=O) groups excluding carboxylic acids is 1. The Hall–Kier alpha value is -1.95. The molecule has 0 spiro atoms. The van der Waals surface area contributed by atoms with Gasteiger partial charge in [0.25, 0.3) is 5.91 Å². The van der Waals surface area contributed by atoms with Crippen LogP contribution < -0.4 is 19.7 Å². The van der Waals surface area contributed by atoms with Crippen molar-refractivity contribution in [2.75, 3.05) is 20.8 Å². The van der Waals surface area contributed by atoms with E-state index < -0.39 is 5.91 Å². The van der Waals surface area contributed by atoms with Crippen LogP contribution in [0.1, 0.15) is 0 Å². The second-order valence-corrected chi connectivity index (χ2v) is 2.82. The molecule has 0 heterocycles. The summed E-state index contributed by atoms with van der Waals surface area (Å²) in [6, 6.07) is 5.08. The van der Waals surface area contributed by atoms with Crippen LogP contribution in [0.2, 0.25) is 0 Å². The lowest BCUT2D eigenvalue weighted by Gasteiger charge is -2.13. The monoisotopic (exact) mass is 227 g/mol. The lowest BCUT2D eigenvalue weighted by molar-refractivity contribution is -0.131. The number of hydrogen-bond acceptors (Lipinski definition) is 5. The molecule has 0 aliphatic rings. The topological polar surface area (TPSA) is 77.0 Å². The lowest BCUT2D eigenvalue weighted by Crippen LogP contribution is -2.25. The van der Waals surface area contributed by atoms with Crippen LogP contribution in [-0.4, -0.2) is 31.9 Å². The van der Waals surface area contributed by atoms with Crippen molar-refractivity contribution in [2.24, 2.45) is 0 Å². The zero-order valence-electron chi connectivity index (χ0n) is 9.02. The smallest absolute Gasteiger partial charge is 0.281 e. The molecule has 0 fully saturated rings. The average molecular weight is 227 g/mol. The van der Waals surface area contributed by atoms with Crippen LogP contribution in [0, 0.1) is 0 Å². The number of nitrogens with one attached hydrogen (secondary N) is 1. The van der Waals surface area contributed by atoms with Gasteiger partial charge in [-0.05, 0) is 12.1 Å². The van der Waals surface area contributed by atoms with Gasteiger partial charge in [-0.2, -0.15) is 0 Å². The highest BCUT2D eigenvalue weighted by Crippen LogP contribution is 2.36. The van der Waals surface area contributed by atoms with Crippen molar-refractivity contribution in [2.45, 2.75) is 0 Å². The Balaban J connectivity index is 2.86. The van der Waals surface area contributed by atoms with Gasteiger partial charge in [-0.25, -0.2) is 5.48 Å². The standard InChI is InChI=1S/C10H13NO5/c1-14-7-4-3-5-8(15-2)10(7)16-6-9(12)11-13/h3-5,13H,6H2,1-2H3,(H,11,12). The van der Waals surface area contributed by atoms with Crippen molar-refractivity contribution in [1.82, 2.24) is 5.48 Å². The van der Waals surface area contributed by atoms with Gasteiger partial charge >= 0.3 is 0 Å². The zero-order valence-corrected chi connectivity index (χ0v) is 9.02. The lowest BCUT2D eigenvalue weighted by atomic mass is 10.3. The maximum atomic E-state index is 10.8. The van der Waals surface area contributed by atoms with E-state index in [0.717, 1.165) is 0 Å². The molecule has 0 aromatic heterocycles. The maximum absolute atomic E-state index is 10.8. The summed E-state index contributed by atoms with van der Waals surface area (Å²) in [6.45, 7) is -0.326. The molecule has 0 saturated carbocycles. The van der Waals surface area contributed by atoms with Gasteiger partial charge in [0, 0.05) is 0 Å². The van der Waals surface area contributed by atoms with Gasteiger partial charge in [-0.15, -0.1) is 0 Å². The summed E-state index contributed by atoms with van der Waals surface area (Å²) in [5, 5.41) is 8.32. The number of hydroxylamine groups is 1. The minimum atomic E-state index is -0.659. The first-order valence-corrected chi connectivity index (χ1v) is 4.49. The fourth-order valence-electron chi connectivity index (χ4n) is 1.13. The Morgan fingerprint density at radius 3 is 2.31 bits per heavy atom. The Kier molecular flexibility index (Phi) is 4.41. The molecule has 6 nitrogen and oxygen atoms in total. The molecule has 1 aromatic rings. The van der Waals surface area contributed by atoms with Crippen LogP contribution in [-0.2, 0) is 4.79 Å². The molecule has 2 N–H and O–H groups in total. The van der Waals surface area contributed by atoms with E-state index in [-0.39, 0.29) is 6.61 Å². The predicted molar refractivity (Wildman–Crippen MR) is 55.0 cm³/mol. The van der Waals surface area contributed by atoms with Gasteiger partial charge in [0.2, 0.25) is 5.75 Å². The van der Waals surface area contributed by atoms with Gasteiger partial charge in [-0.3, -0.25) is 10.0 Å². The fourth-order valence-corrected chi connectivity index (χ4v) is 1.13. The number of carbonyl (C=O) groups is 1. The van der Waals surface area contributed by atoms with Crippen molar-refractivity contribution in [3.8, 4) is 17.2 Å². The normalized spacial score (nSPS) is 9.44. The zero-order chi connectivity index (χ0) is 12.0. The molecule has 1 rings (SSSR count). The third-order valence-corrected chi connectivity index (χ3v) is 1.85. The maximum Gasteiger partial charge on any atom is 0.281 e. The number of para-hydroxylation sites is 1. The number of hydrogen-bond donors (Lipinski definition) is 2. The molecule has 1 aromatic carbocycles. The van der Waals surface area contributed by atoms with Gasteiger partial charge in [0.15, 0.2) is 18.1 Å². The Bertz CT molecular complexity index is 344. The third-order valence-electron chi connectivity index (χ3n) is 1.85. The SMILES string of the molecule is COc1cccc(OC)c1OCC(=O)NO. The molecule has 0 saturated heterocycles. The highest BCUT2D eigenvalue weighted by atomic mass is 16.5. The Morgan fingerprint density at radius 1 is 1.31 bits per heavy atom. The minimum absolute atomic E-state index is 0.316. The van der Waals surface area contributed by atoms with Gasteiger partial charge in [0.1, 0.15) is 0 Å². The summed E-state index contributed by atoms with van der Waals surface area (Å²) in [5.74, 6) is 0.555. The molecule has 0 aliphatic carbocycles.